The second-order valence-electron chi connectivity index (χ2n) is 6.01. The van der Waals surface area contributed by atoms with Gasteiger partial charge in [-0.15, -0.1) is 0 Å². The minimum absolute atomic E-state index is 0.0153. The molecule has 28 heavy (non-hydrogen) atoms. The van der Waals surface area contributed by atoms with Gasteiger partial charge in [-0.3, -0.25) is 9.59 Å². The molecule has 0 spiro atoms. The summed E-state index contributed by atoms with van der Waals surface area (Å²) in [6, 6.07) is 16.5. The molecule has 3 rings (SSSR count). The molecule has 0 bridgehead atoms. The minimum atomic E-state index is -0.531. The summed E-state index contributed by atoms with van der Waals surface area (Å²) in [6.07, 6.45) is 1.62. The number of rotatable bonds is 5. The third-order valence-corrected chi connectivity index (χ3v) is 4.31. The van der Waals surface area contributed by atoms with E-state index in [4.69, 9.17) is 11.6 Å². The summed E-state index contributed by atoms with van der Waals surface area (Å²) in [5.41, 5.74) is 1.28. The molecule has 0 aliphatic heterocycles. The Bertz CT molecular complexity index is 1070. The van der Waals surface area contributed by atoms with Crippen molar-refractivity contribution in [1.82, 2.24) is 4.57 Å². The fourth-order valence-electron chi connectivity index (χ4n) is 2.67. The molecule has 1 N–H and O–H groups in total. The number of carbonyl (C=O) groups excluding carboxylic acids is 2. The second kappa shape index (κ2) is 8.54. The molecule has 1 heterocycles. The van der Waals surface area contributed by atoms with E-state index in [1.54, 1.807) is 42.6 Å². The zero-order valence-electron chi connectivity index (χ0n) is 15.0. The van der Waals surface area contributed by atoms with E-state index < -0.39 is 17.4 Å². The van der Waals surface area contributed by atoms with Crippen molar-refractivity contribution in [2.45, 2.75) is 6.54 Å². The number of ether oxygens (including phenoxy) is 1. The van der Waals surface area contributed by atoms with Crippen molar-refractivity contribution in [3.05, 3.63) is 98.9 Å². The Morgan fingerprint density at radius 2 is 1.82 bits per heavy atom. The van der Waals surface area contributed by atoms with Gasteiger partial charge in [-0.25, -0.2) is 4.79 Å². The van der Waals surface area contributed by atoms with Gasteiger partial charge in [0.2, 0.25) is 0 Å². The summed E-state index contributed by atoms with van der Waals surface area (Å²) in [5.74, 6) is -0.999. The van der Waals surface area contributed by atoms with Crippen molar-refractivity contribution < 1.29 is 14.3 Å². The number of nitrogens with zero attached hydrogens (tertiary/aromatic N) is 1. The molecule has 1 amide bonds. The Kier molecular flexibility index (Phi) is 5.91. The van der Waals surface area contributed by atoms with Crippen LogP contribution in [-0.4, -0.2) is 23.6 Å². The van der Waals surface area contributed by atoms with Crippen molar-refractivity contribution in [1.29, 1.82) is 0 Å². The largest absolute Gasteiger partial charge is 0.465 e. The van der Waals surface area contributed by atoms with Crippen LogP contribution in [-0.2, 0) is 11.3 Å². The lowest BCUT2D eigenvalue weighted by Gasteiger charge is -2.09. The highest BCUT2D eigenvalue weighted by atomic mass is 35.5. The van der Waals surface area contributed by atoms with Gasteiger partial charge in [-0.1, -0.05) is 23.7 Å². The van der Waals surface area contributed by atoms with Gasteiger partial charge >= 0.3 is 5.97 Å². The van der Waals surface area contributed by atoms with E-state index in [0.29, 0.717) is 22.8 Å². The Hall–Kier alpha value is -3.38. The van der Waals surface area contributed by atoms with Crippen LogP contribution in [0.15, 0.2) is 71.7 Å². The number of anilines is 1. The molecule has 7 heteroatoms. The monoisotopic (exact) mass is 396 g/mol. The number of benzene rings is 2. The molecule has 6 nitrogen and oxygen atoms in total. The average molecular weight is 397 g/mol. The first-order valence-electron chi connectivity index (χ1n) is 8.41. The van der Waals surface area contributed by atoms with Crippen molar-refractivity contribution >= 4 is 29.2 Å². The molecule has 1 aromatic heterocycles. The molecule has 0 aliphatic carbocycles. The van der Waals surface area contributed by atoms with Crippen molar-refractivity contribution in [2.75, 3.05) is 12.4 Å². The number of aromatic nitrogens is 1. The van der Waals surface area contributed by atoms with E-state index in [-0.39, 0.29) is 5.56 Å². The molecule has 0 fully saturated rings. The lowest BCUT2D eigenvalue weighted by Crippen LogP contribution is -2.29. The highest BCUT2D eigenvalue weighted by molar-refractivity contribution is 6.30. The van der Waals surface area contributed by atoms with Gasteiger partial charge in [0.1, 0.15) is 5.56 Å². The molecular weight excluding hydrogens is 380 g/mol. The molecule has 0 saturated heterocycles. The number of pyridine rings is 1. The highest BCUT2D eigenvalue weighted by Gasteiger charge is 2.13. The SMILES string of the molecule is COC(=O)c1ccc(NC(=O)c2cccn(Cc3cccc(Cl)c3)c2=O)cc1. The van der Waals surface area contributed by atoms with Crippen LogP contribution in [0.4, 0.5) is 5.69 Å². The van der Waals surface area contributed by atoms with Crippen LogP contribution < -0.4 is 10.9 Å². The Morgan fingerprint density at radius 3 is 2.50 bits per heavy atom. The third kappa shape index (κ3) is 4.47. The maximum Gasteiger partial charge on any atom is 0.337 e. The van der Waals surface area contributed by atoms with E-state index in [1.807, 2.05) is 6.07 Å². The predicted octanol–water partition coefficient (Wildman–Crippen LogP) is 3.59. The van der Waals surface area contributed by atoms with Gasteiger partial charge in [0, 0.05) is 16.9 Å². The summed E-state index contributed by atoms with van der Waals surface area (Å²) in [4.78, 5) is 36.7. The Morgan fingerprint density at radius 1 is 1.07 bits per heavy atom. The quantitative estimate of drug-likeness (QED) is 0.668. The first-order valence-corrected chi connectivity index (χ1v) is 8.79. The van der Waals surface area contributed by atoms with E-state index in [2.05, 4.69) is 10.1 Å². The fraction of sp³-hybridized carbons (Fsp3) is 0.0952. The lowest BCUT2D eigenvalue weighted by molar-refractivity contribution is 0.0600. The van der Waals surface area contributed by atoms with Crippen LogP contribution in [0.25, 0.3) is 0 Å². The van der Waals surface area contributed by atoms with E-state index >= 15 is 0 Å². The lowest BCUT2D eigenvalue weighted by atomic mass is 10.2. The number of carbonyl (C=O) groups is 2. The standard InChI is InChI=1S/C21H17ClN2O4/c1-28-21(27)15-7-9-17(10-8-15)23-19(25)18-6-3-11-24(20(18)26)13-14-4-2-5-16(22)12-14/h2-12H,13H2,1H3,(H,23,25). The molecule has 2 aromatic carbocycles. The first kappa shape index (κ1) is 19.4. The number of methoxy groups -OCH3 is 1. The van der Waals surface area contributed by atoms with Crippen LogP contribution in [0.3, 0.4) is 0 Å². The van der Waals surface area contributed by atoms with Gasteiger partial charge in [-0.2, -0.15) is 0 Å². The Balaban J connectivity index is 1.79. The van der Waals surface area contributed by atoms with Crippen LogP contribution in [0.2, 0.25) is 5.02 Å². The summed E-state index contributed by atoms with van der Waals surface area (Å²) in [7, 11) is 1.29. The third-order valence-electron chi connectivity index (χ3n) is 4.07. The van der Waals surface area contributed by atoms with Crippen molar-refractivity contribution in [3.8, 4) is 0 Å². The molecule has 0 radical (unpaired) electrons. The van der Waals surface area contributed by atoms with Crippen molar-refractivity contribution in [3.63, 3.8) is 0 Å². The van der Waals surface area contributed by atoms with Crippen LogP contribution in [0.5, 0.6) is 0 Å². The minimum Gasteiger partial charge on any atom is -0.465 e. The molecule has 0 atom stereocenters. The number of esters is 1. The maximum absolute atomic E-state index is 12.7. The fourth-order valence-corrected chi connectivity index (χ4v) is 2.88. The highest BCUT2D eigenvalue weighted by Crippen LogP contribution is 2.13. The molecular formula is C21H17ClN2O4. The molecule has 142 valence electrons. The van der Waals surface area contributed by atoms with Gasteiger partial charge in [0.25, 0.3) is 11.5 Å². The number of amides is 1. The molecule has 3 aromatic rings. The normalized spacial score (nSPS) is 10.4. The number of hydrogen-bond acceptors (Lipinski definition) is 4. The van der Waals surface area contributed by atoms with Crippen LogP contribution in [0.1, 0.15) is 26.3 Å². The summed E-state index contributed by atoms with van der Waals surface area (Å²) in [5, 5.41) is 3.24. The van der Waals surface area contributed by atoms with Gasteiger partial charge in [-0.05, 0) is 54.1 Å². The molecule has 0 saturated carbocycles. The van der Waals surface area contributed by atoms with Crippen LogP contribution in [0, 0.1) is 0 Å². The van der Waals surface area contributed by atoms with Gasteiger partial charge in [0.05, 0.1) is 19.2 Å². The number of nitrogens with one attached hydrogen (secondary N) is 1. The summed E-state index contributed by atoms with van der Waals surface area (Å²) >= 11 is 5.98. The van der Waals surface area contributed by atoms with Gasteiger partial charge < -0.3 is 14.6 Å². The van der Waals surface area contributed by atoms with Crippen LogP contribution >= 0.6 is 11.6 Å². The molecule has 0 unspecified atom stereocenters. The number of hydrogen-bond donors (Lipinski definition) is 1. The summed E-state index contributed by atoms with van der Waals surface area (Å²) < 4.78 is 6.08. The van der Waals surface area contributed by atoms with E-state index in [0.717, 1.165) is 5.56 Å². The predicted molar refractivity (Wildman–Crippen MR) is 107 cm³/mol. The van der Waals surface area contributed by atoms with E-state index in [9.17, 15) is 14.4 Å². The number of halogens is 1. The topological polar surface area (TPSA) is 77.4 Å². The first-order chi connectivity index (χ1) is 13.5. The Labute approximate surface area is 166 Å². The zero-order chi connectivity index (χ0) is 20.1. The molecule has 0 aliphatic rings. The summed E-state index contributed by atoms with van der Waals surface area (Å²) in [6.45, 7) is 0.300. The maximum atomic E-state index is 12.7. The second-order valence-corrected chi connectivity index (χ2v) is 6.44. The zero-order valence-corrected chi connectivity index (χ0v) is 15.8. The van der Waals surface area contributed by atoms with Crippen molar-refractivity contribution in [2.24, 2.45) is 0 Å². The smallest absolute Gasteiger partial charge is 0.337 e. The van der Waals surface area contributed by atoms with E-state index in [1.165, 1.54) is 29.9 Å². The van der Waals surface area contributed by atoms with Gasteiger partial charge in [0.15, 0.2) is 0 Å². The average Bonchev–Trinajstić information content (AvgIpc) is 2.69.